The van der Waals surface area contributed by atoms with E-state index in [9.17, 15) is 9.59 Å². The van der Waals surface area contributed by atoms with Gasteiger partial charge in [-0.15, -0.1) is 0 Å². The maximum Gasteiger partial charge on any atom is 0.323 e. The first-order chi connectivity index (χ1) is 9.90. The van der Waals surface area contributed by atoms with Crippen molar-refractivity contribution in [1.82, 2.24) is 9.80 Å². The van der Waals surface area contributed by atoms with Gasteiger partial charge >= 0.3 is 12.0 Å². The van der Waals surface area contributed by atoms with Gasteiger partial charge in [0, 0.05) is 18.6 Å². The minimum Gasteiger partial charge on any atom is -0.480 e. The van der Waals surface area contributed by atoms with Crippen LogP contribution in [0.1, 0.15) is 52.9 Å². The highest BCUT2D eigenvalue weighted by Crippen LogP contribution is 2.30. The minimum atomic E-state index is -0.916. The highest BCUT2D eigenvalue weighted by Gasteiger charge is 2.37. The van der Waals surface area contributed by atoms with Gasteiger partial charge < -0.3 is 14.9 Å². The number of nitrogens with zero attached hydrogens (tertiary/aromatic N) is 2. The summed E-state index contributed by atoms with van der Waals surface area (Å²) in [4.78, 5) is 27.6. The highest BCUT2D eigenvalue weighted by atomic mass is 16.4. The number of carboxylic acid groups (broad SMARTS) is 1. The first-order valence-electron chi connectivity index (χ1n) is 8.19. The Morgan fingerprint density at radius 3 is 2.38 bits per heavy atom. The summed E-state index contributed by atoms with van der Waals surface area (Å²) in [5.41, 5.74) is 0. The monoisotopic (exact) mass is 296 g/mol. The lowest BCUT2D eigenvalue weighted by Gasteiger charge is -2.44. The summed E-state index contributed by atoms with van der Waals surface area (Å²) in [5, 5.41) is 9.15. The van der Waals surface area contributed by atoms with Crippen LogP contribution in [0.3, 0.4) is 0 Å². The van der Waals surface area contributed by atoms with Gasteiger partial charge in [-0.2, -0.15) is 0 Å². The van der Waals surface area contributed by atoms with Crippen molar-refractivity contribution in [3.05, 3.63) is 0 Å². The molecule has 1 heterocycles. The lowest BCUT2D eigenvalue weighted by atomic mass is 9.86. The largest absolute Gasteiger partial charge is 0.480 e. The molecule has 0 spiro atoms. The topological polar surface area (TPSA) is 60.9 Å². The molecule has 3 unspecified atom stereocenters. The Labute approximate surface area is 127 Å². The number of carbonyl (C=O) groups is 2. The number of carboxylic acids is 1. The molecule has 2 fully saturated rings. The molecule has 1 aliphatic carbocycles. The molecule has 120 valence electrons. The SMILES string of the molecule is CC1CC(C)C(C)N(C(=O)N(CC(=O)O)C2CCCC2)C1. The van der Waals surface area contributed by atoms with E-state index in [0.29, 0.717) is 11.8 Å². The van der Waals surface area contributed by atoms with Crippen molar-refractivity contribution < 1.29 is 14.7 Å². The molecule has 0 aromatic carbocycles. The lowest BCUT2D eigenvalue weighted by Crippen LogP contribution is -2.56. The number of aliphatic carboxylic acids is 1. The molecule has 2 aliphatic rings. The van der Waals surface area contributed by atoms with Crippen LogP contribution in [0.25, 0.3) is 0 Å². The maximum atomic E-state index is 12.9. The number of urea groups is 1. The van der Waals surface area contributed by atoms with E-state index >= 15 is 0 Å². The zero-order valence-electron chi connectivity index (χ0n) is 13.4. The average molecular weight is 296 g/mol. The molecule has 1 aliphatic heterocycles. The maximum absolute atomic E-state index is 12.9. The molecule has 3 atom stereocenters. The van der Waals surface area contributed by atoms with Gasteiger partial charge in [-0.3, -0.25) is 4.79 Å². The van der Waals surface area contributed by atoms with Gasteiger partial charge in [-0.05, 0) is 38.0 Å². The molecule has 1 saturated carbocycles. The Balaban J connectivity index is 2.13. The first kappa shape index (κ1) is 16.1. The Morgan fingerprint density at radius 2 is 1.81 bits per heavy atom. The summed E-state index contributed by atoms with van der Waals surface area (Å²) in [6.07, 6.45) is 5.19. The molecular formula is C16H28N2O3. The van der Waals surface area contributed by atoms with Gasteiger partial charge in [0.05, 0.1) is 0 Å². The van der Waals surface area contributed by atoms with Gasteiger partial charge in [-0.25, -0.2) is 4.79 Å². The predicted molar refractivity (Wildman–Crippen MR) is 81.1 cm³/mol. The number of carbonyl (C=O) groups excluding carboxylic acids is 1. The van der Waals surface area contributed by atoms with Gasteiger partial charge in [0.2, 0.25) is 0 Å². The van der Waals surface area contributed by atoms with E-state index < -0.39 is 5.97 Å². The first-order valence-corrected chi connectivity index (χ1v) is 8.19. The normalized spacial score (nSPS) is 30.4. The molecular weight excluding hydrogens is 268 g/mol. The molecule has 5 nitrogen and oxygen atoms in total. The molecule has 1 saturated heterocycles. The van der Waals surface area contributed by atoms with Crippen molar-refractivity contribution >= 4 is 12.0 Å². The number of rotatable bonds is 3. The Kier molecular flexibility index (Phi) is 5.12. The Morgan fingerprint density at radius 1 is 1.19 bits per heavy atom. The number of hydrogen-bond acceptors (Lipinski definition) is 2. The number of piperidine rings is 1. The highest BCUT2D eigenvalue weighted by molar-refractivity contribution is 5.81. The number of likely N-dealkylation sites (tertiary alicyclic amines) is 1. The second kappa shape index (κ2) is 6.67. The summed E-state index contributed by atoms with van der Waals surface area (Å²) < 4.78 is 0. The zero-order valence-corrected chi connectivity index (χ0v) is 13.4. The molecule has 0 aromatic heterocycles. The zero-order chi connectivity index (χ0) is 15.6. The molecule has 0 bridgehead atoms. The minimum absolute atomic E-state index is 0.0739. The van der Waals surface area contributed by atoms with Crippen LogP contribution in [0, 0.1) is 11.8 Å². The lowest BCUT2D eigenvalue weighted by molar-refractivity contribution is -0.138. The van der Waals surface area contributed by atoms with E-state index in [0.717, 1.165) is 38.6 Å². The van der Waals surface area contributed by atoms with Crippen molar-refractivity contribution in [2.45, 2.75) is 65.0 Å². The summed E-state index contributed by atoms with van der Waals surface area (Å²) >= 11 is 0. The molecule has 2 amide bonds. The van der Waals surface area contributed by atoms with Crippen molar-refractivity contribution in [3.63, 3.8) is 0 Å². The Hall–Kier alpha value is -1.26. The van der Waals surface area contributed by atoms with Crippen LogP contribution in [0.5, 0.6) is 0 Å². The summed E-state index contributed by atoms with van der Waals surface area (Å²) in [5.74, 6) is 0.0318. The smallest absolute Gasteiger partial charge is 0.323 e. The van der Waals surface area contributed by atoms with E-state index in [1.807, 2.05) is 4.90 Å². The van der Waals surface area contributed by atoms with Gasteiger partial charge in [0.25, 0.3) is 0 Å². The van der Waals surface area contributed by atoms with Gasteiger partial charge in [0.1, 0.15) is 6.54 Å². The summed E-state index contributed by atoms with van der Waals surface area (Å²) in [7, 11) is 0. The van der Waals surface area contributed by atoms with Crippen LogP contribution in [0.4, 0.5) is 4.79 Å². The van der Waals surface area contributed by atoms with Crippen molar-refractivity contribution in [3.8, 4) is 0 Å². The molecule has 0 aromatic rings. The van der Waals surface area contributed by atoms with Gasteiger partial charge in [0.15, 0.2) is 0 Å². The number of hydrogen-bond donors (Lipinski definition) is 1. The molecule has 0 radical (unpaired) electrons. The Bertz CT molecular complexity index is 393. The van der Waals surface area contributed by atoms with Crippen LogP contribution >= 0.6 is 0 Å². The van der Waals surface area contributed by atoms with Crippen molar-refractivity contribution in [2.24, 2.45) is 11.8 Å². The third-order valence-electron chi connectivity index (χ3n) is 5.16. The van der Waals surface area contributed by atoms with Crippen molar-refractivity contribution in [1.29, 1.82) is 0 Å². The fraction of sp³-hybridized carbons (Fsp3) is 0.875. The predicted octanol–water partition coefficient (Wildman–Crippen LogP) is 2.80. The summed E-state index contributed by atoms with van der Waals surface area (Å²) in [6.45, 7) is 7.00. The van der Waals surface area contributed by atoms with E-state index in [4.69, 9.17) is 5.11 Å². The van der Waals surface area contributed by atoms with Crippen LogP contribution in [-0.2, 0) is 4.79 Å². The van der Waals surface area contributed by atoms with Crippen LogP contribution in [-0.4, -0.2) is 52.1 Å². The van der Waals surface area contributed by atoms with E-state index in [1.54, 1.807) is 4.90 Å². The second-order valence-corrected chi connectivity index (χ2v) is 6.95. The second-order valence-electron chi connectivity index (χ2n) is 6.95. The molecule has 1 N–H and O–H groups in total. The van der Waals surface area contributed by atoms with E-state index in [2.05, 4.69) is 20.8 Å². The van der Waals surface area contributed by atoms with E-state index in [-0.39, 0.29) is 24.7 Å². The third kappa shape index (κ3) is 3.69. The van der Waals surface area contributed by atoms with Crippen LogP contribution in [0.15, 0.2) is 0 Å². The van der Waals surface area contributed by atoms with Gasteiger partial charge in [-0.1, -0.05) is 26.7 Å². The van der Waals surface area contributed by atoms with E-state index in [1.165, 1.54) is 0 Å². The third-order valence-corrected chi connectivity index (χ3v) is 5.16. The molecule has 2 rings (SSSR count). The van der Waals surface area contributed by atoms with Crippen LogP contribution in [0.2, 0.25) is 0 Å². The van der Waals surface area contributed by atoms with Crippen LogP contribution < -0.4 is 0 Å². The fourth-order valence-electron chi connectivity index (χ4n) is 3.85. The molecule has 5 heteroatoms. The summed E-state index contributed by atoms with van der Waals surface area (Å²) in [6, 6.07) is 0.218. The quantitative estimate of drug-likeness (QED) is 0.871. The average Bonchev–Trinajstić information content (AvgIpc) is 2.93. The van der Waals surface area contributed by atoms with Crippen molar-refractivity contribution in [2.75, 3.05) is 13.1 Å². The number of amides is 2. The standard InChI is InChI=1S/C16H28N2O3/c1-11-8-12(2)13(3)17(9-11)16(21)18(10-15(19)20)14-6-4-5-7-14/h11-14H,4-10H2,1-3H3,(H,19,20). The molecule has 21 heavy (non-hydrogen) atoms. The fourth-order valence-corrected chi connectivity index (χ4v) is 3.85.